The Hall–Kier alpha value is -1.34. The van der Waals surface area contributed by atoms with E-state index in [1.54, 1.807) is 4.90 Å². The van der Waals surface area contributed by atoms with Gasteiger partial charge in [-0.15, -0.1) is 0 Å². The smallest absolute Gasteiger partial charge is 0.317 e. The Labute approximate surface area is 125 Å². The Bertz CT molecular complexity index is 363. The number of rotatable bonds is 6. The number of aliphatic carboxylic acids is 1. The number of carbonyl (C=O) groups excluding carboxylic acids is 1. The summed E-state index contributed by atoms with van der Waals surface area (Å²) in [5.41, 5.74) is -1.43. The normalized spacial score (nSPS) is 19.4. The molecule has 1 unspecified atom stereocenters. The first kappa shape index (κ1) is 17.7. The lowest BCUT2D eigenvalue weighted by Gasteiger charge is -2.34. The molecule has 0 aromatic heterocycles. The van der Waals surface area contributed by atoms with Gasteiger partial charge in [0.1, 0.15) is 0 Å². The maximum absolute atomic E-state index is 12.0. The van der Waals surface area contributed by atoms with Crippen LogP contribution >= 0.6 is 0 Å². The predicted molar refractivity (Wildman–Crippen MR) is 79.1 cm³/mol. The molecule has 7 heteroatoms. The molecular weight excluding hydrogens is 274 g/mol. The number of hydrogen-bond donors (Lipinski definition) is 3. The minimum absolute atomic E-state index is 0.0598. The molecule has 1 rings (SSSR count). The van der Waals surface area contributed by atoms with Crippen LogP contribution in [-0.4, -0.2) is 77.9 Å². The second-order valence-corrected chi connectivity index (χ2v) is 6.42. The maximum atomic E-state index is 12.0. The monoisotopic (exact) mass is 301 g/mol. The first-order valence-corrected chi connectivity index (χ1v) is 7.31. The van der Waals surface area contributed by atoms with E-state index in [9.17, 15) is 14.7 Å². The van der Waals surface area contributed by atoms with Crippen LogP contribution in [0.3, 0.4) is 0 Å². The molecule has 2 amide bonds. The van der Waals surface area contributed by atoms with Crippen molar-refractivity contribution < 1.29 is 19.8 Å². The first-order valence-electron chi connectivity index (χ1n) is 7.31. The molecule has 1 fully saturated rings. The average Bonchev–Trinajstić information content (AvgIpc) is 2.34. The van der Waals surface area contributed by atoms with Gasteiger partial charge in [0.15, 0.2) is 0 Å². The molecule has 0 aromatic rings. The molecule has 1 saturated heterocycles. The molecule has 122 valence electrons. The fourth-order valence-electron chi connectivity index (χ4n) is 2.60. The number of nitrogens with one attached hydrogen (secondary N) is 1. The Balaban J connectivity index is 2.32. The van der Waals surface area contributed by atoms with Gasteiger partial charge in [-0.05, 0) is 39.8 Å². The van der Waals surface area contributed by atoms with Crippen molar-refractivity contribution in [1.29, 1.82) is 0 Å². The highest BCUT2D eigenvalue weighted by molar-refractivity contribution is 5.74. The Morgan fingerprint density at radius 1 is 1.33 bits per heavy atom. The highest BCUT2D eigenvalue weighted by atomic mass is 16.4. The van der Waals surface area contributed by atoms with Crippen LogP contribution in [0.4, 0.5) is 4.79 Å². The van der Waals surface area contributed by atoms with E-state index >= 15 is 0 Å². The molecule has 0 aliphatic carbocycles. The van der Waals surface area contributed by atoms with Crippen molar-refractivity contribution in [2.75, 3.05) is 40.3 Å². The van der Waals surface area contributed by atoms with Gasteiger partial charge < -0.3 is 25.3 Å². The number of hydrogen-bond acceptors (Lipinski definition) is 4. The van der Waals surface area contributed by atoms with Crippen molar-refractivity contribution in [2.24, 2.45) is 5.92 Å². The number of carboxylic acids is 1. The van der Waals surface area contributed by atoms with Gasteiger partial charge in [-0.2, -0.15) is 0 Å². The number of carboxylic acid groups (broad SMARTS) is 1. The van der Waals surface area contributed by atoms with Gasteiger partial charge in [-0.3, -0.25) is 4.79 Å². The Kier molecular flexibility index (Phi) is 6.42. The van der Waals surface area contributed by atoms with Crippen LogP contribution in [-0.2, 0) is 4.79 Å². The molecule has 1 atom stereocenters. The zero-order chi connectivity index (χ0) is 16.0. The number of amides is 2. The highest BCUT2D eigenvalue weighted by Crippen LogP contribution is 2.18. The van der Waals surface area contributed by atoms with Crippen LogP contribution in [0.5, 0.6) is 0 Å². The van der Waals surface area contributed by atoms with Crippen LogP contribution in [0.15, 0.2) is 0 Å². The summed E-state index contributed by atoms with van der Waals surface area (Å²) in [4.78, 5) is 26.5. The quantitative estimate of drug-likeness (QED) is 0.651. The number of carbonyl (C=O) groups is 2. The van der Waals surface area contributed by atoms with E-state index in [0.717, 1.165) is 19.4 Å². The van der Waals surface area contributed by atoms with Gasteiger partial charge in [-0.1, -0.05) is 0 Å². The minimum Gasteiger partial charge on any atom is -0.481 e. The molecule has 7 nitrogen and oxygen atoms in total. The summed E-state index contributed by atoms with van der Waals surface area (Å²) in [6.07, 6.45) is 1.55. The van der Waals surface area contributed by atoms with Crippen LogP contribution in [0.1, 0.15) is 26.2 Å². The minimum atomic E-state index is -1.43. The predicted octanol–water partition coefficient (Wildman–Crippen LogP) is 0.195. The molecule has 0 saturated carbocycles. The van der Waals surface area contributed by atoms with Crippen molar-refractivity contribution in [2.45, 2.75) is 31.8 Å². The SMILES string of the molecule is CN(C)CC1CCN(C(=O)NCC(C)(O)CC(=O)O)CC1. The highest BCUT2D eigenvalue weighted by Gasteiger charge is 2.27. The zero-order valence-electron chi connectivity index (χ0n) is 13.1. The fourth-order valence-corrected chi connectivity index (χ4v) is 2.60. The van der Waals surface area contributed by atoms with Crippen LogP contribution in [0, 0.1) is 5.92 Å². The number of piperidine rings is 1. The molecule has 1 aliphatic rings. The van der Waals surface area contributed by atoms with Crippen molar-refractivity contribution in [3.05, 3.63) is 0 Å². The van der Waals surface area contributed by atoms with Gasteiger partial charge in [-0.25, -0.2) is 4.79 Å². The second-order valence-electron chi connectivity index (χ2n) is 6.42. The number of nitrogens with zero attached hydrogens (tertiary/aromatic N) is 2. The average molecular weight is 301 g/mol. The zero-order valence-corrected chi connectivity index (χ0v) is 13.1. The van der Waals surface area contributed by atoms with E-state index in [0.29, 0.717) is 19.0 Å². The second kappa shape index (κ2) is 7.61. The van der Waals surface area contributed by atoms with Crippen LogP contribution < -0.4 is 5.32 Å². The summed E-state index contributed by atoms with van der Waals surface area (Å²) >= 11 is 0. The van der Waals surface area contributed by atoms with E-state index in [-0.39, 0.29) is 12.6 Å². The molecule has 1 heterocycles. The molecule has 3 N–H and O–H groups in total. The molecule has 0 bridgehead atoms. The van der Waals surface area contributed by atoms with Crippen molar-refractivity contribution in [1.82, 2.24) is 15.1 Å². The topological polar surface area (TPSA) is 93.1 Å². The van der Waals surface area contributed by atoms with Crippen molar-refractivity contribution >= 4 is 12.0 Å². The third-order valence-electron chi connectivity index (χ3n) is 3.68. The van der Waals surface area contributed by atoms with E-state index < -0.39 is 18.0 Å². The Morgan fingerprint density at radius 3 is 2.38 bits per heavy atom. The number of urea groups is 1. The van der Waals surface area contributed by atoms with Crippen molar-refractivity contribution in [3.63, 3.8) is 0 Å². The van der Waals surface area contributed by atoms with Gasteiger partial charge in [0.25, 0.3) is 0 Å². The van der Waals surface area contributed by atoms with Crippen LogP contribution in [0.2, 0.25) is 0 Å². The van der Waals surface area contributed by atoms with Gasteiger partial charge in [0.2, 0.25) is 0 Å². The third kappa shape index (κ3) is 6.77. The number of aliphatic hydroxyl groups is 1. The fraction of sp³-hybridized carbons (Fsp3) is 0.857. The number of likely N-dealkylation sites (tertiary alicyclic amines) is 1. The third-order valence-corrected chi connectivity index (χ3v) is 3.68. The lowest BCUT2D eigenvalue weighted by Crippen LogP contribution is -2.50. The van der Waals surface area contributed by atoms with E-state index in [1.165, 1.54) is 6.92 Å². The summed E-state index contributed by atoms with van der Waals surface area (Å²) in [5.74, 6) is -0.474. The Morgan fingerprint density at radius 2 is 1.90 bits per heavy atom. The van der Waals surface area contributed by atoms with Gasteiger partial charge in [0, 0.05) is 26.2 Å². The lowest BCUT2D eigenvalue weighted by atomic mass is 9.96. The molecule has 21 heavy (non-hydrogen) atoms. The van der Waals surface area contributed by atoms with Gasteiger partial charge in [0.05, 0.1) is 12.0 Å². The summed E-state index contributed by atoms with van der Waals surface area (Å²) < 4.78 is 0. The summed E-state index contributed by atoms with van der Waals surface area (Å²) in [6.45, 7) is 3.78. The van der Waals surface area contributed by atoms with Crippen molar-refractivity contribution in [3.8, 4) is 0 Å². The molecular formula is C14H27N3O4. The van der Waals surface area contributed by atoms with Crippen LogP contribution in [0.25, 0.3) is 0 Å². The largest absolute Gasteiger partial charge is 0.481 e. The summed E-state index contributed by atoms with van der Waals surface area (Å²) in [7, 11) is 4.09. The summed E-state index contributed by atoms with van der Waals surface area (Å²) in [6, 6.07) is -0.232. The summed E-state index contributed by atoms with van der Waals surface area (Å²) in [5, 5.41) is 21.1. The van der Waals surface area contributed by atoms with Gasteiger partial charge >= 0.3 is 12.0 Å². The van der Waals surface area contributed by atoms with E-state index in [2.05, 4.69) is 10.2 Å². The maximum Gasteiger partial charge on any atom is 0.317 e. The first-order chi connectivity index (χ1) is 9.69. The molecule has 0 spiro atoms. The standard InChI is InChI=1S/C14H27N3O4/c1-14(21,8-12(18)19)10-15-13(20)17-6-4-11(5-7-17)9-16(2)3/h11,21H,4-10H2,1-3H3,(H,15,20)(H,18,19). The molecule has 0 radical (unpaired) electrons. The van der Waals surface area contributed by atoms with E-state index in [1.807, 2.05) is 14.1 Å². The molecule has 1 aliphatic heterocycles. The van der Waals surface area contributed by atoms with E-state index in [4.69, 9.17) is 5.11 Å². The lowest BCUT2D eigenvalue weighted by molar-refractivity contribution is -0.141. The molecule has 0 aromatic carbocycles.